The van der Waals surface area contributed by atoms with E-state index in [9.17, 15) is 0 Å². The van der Waals surface area contributed by atoms with Crippen LogP contribution in [-0.4, -0.2) is 10.5 Å². The minimum atomic E-state index is 0.119. The second-order valence-corrected chi connectivity index (χ2v) is 3.97. The van der Waals surface area contributed by atoms with Gasteiger partial charge in [0.25, 0.3) is 0 Å². The molecule has 0 spiro atoms. The summed E-state index contributed by atoms with van der Waals surface area (Å²) in [6.07, 6.45) is 0. The summed E-state index contributed by atoms with van der Waals surface area (Å²) in [5, 5.41) is 5.27. The lowest BCUT2D eigenvalue weighted by molar-refractivity contribution is 0.631. The fourth-order valence-corrected chi connectivity index (χ4v) is 1.14. The van der Waals surface area contributed by atoms with Crippen LogP contribution in [-0.2, 0) is 0 Å². The molecule has 0 aliphatic rings. The maximum Gasteiger partial charge on any atom is 0.137 e. The average Bonchev–Trinajstić information content (AvgIpc) is 2.12. The first kappa shape index (κ1) is 7.54. The highest BCUT2D eigenvalue weighted by molar-refractivity contribution is 7.07. The van der Waals surface area contributed by atoms with Gasteiger partial charge in [-0.05, 0) is 20.8 Å². The van der Waals surface area contributed by atoms with Gasteiger partial charge in [-0.2, -0.15) is 0 Å². The molecule has 0 aliphatic carbocycles. The van der Waals surface area contributed by atoms with Crippen molar-refractivity contribution in [1.82, 2.24) is 4.98 Å². The normalized spacial score (nSPS) is 11.5. The molecule has 1 heterocycles. The molecule has 1 N–H and O–H groups in total. The average molecular weight is 156 g/mol. The summed E-state index contributed by atoms with van der Waals surface area (Å²) in [6, 6.07) is 0. The van der Waals surface area contributed by atoms with Crippen LogP contribution in [0.1, 0.15) is 20.8 Å². The van der Waals surface area contributed by atoms with E-state index in [1.165, 1.54) is 0 Å². The van der Waals surface area contributed by atoms with Gasteiger partial charge in [0.1, 0.15) is 5.82 Å². The zero-order chi connectivity index (χ0) is 7.61. The Labute approximate surface area is 65.3 Å². The van der Waals surface area contributed by atoms with E-state index in [0.717, 1.165) is 5.82 Å². The van der Waals surface area contributed by atoms with Crippen molar-refractivity contribution in [3.05, 3.63) is 10.9 Å². The Hall–Kier alpha value is -0.570. The molecule has 56 valence electrons. The molecule has 1 aromatic heterocycles. The second-order valence-electron chi connectivity index (χ2n) is 3.25. The van der Waals surface area contributed by atoms with Gasteiger partial charge in [0, 0.05) is 10.9 Å². The highest BCUT2D eigenvalue weighted by Crippen LogP contribution is 2.13. The summed E-state index contributed by atoms with van der Waals surface area (Å²) >= 11 is 1.61. The Balaban J connectivity index is 2.57. The van der Waals surface area contributed by atoms with Crippen molar-refractivity contribution in [3.63, 3.8) is 0 Å². The Bertz CT molecular complexity index is 186. The van der Waals surface area contributed by atoms with Crippen molar-refractivity contribution >= 4 is 17.2 Å². The van der Waals surface area contributed by atoms with Gasteiger partial charge in [-0.1, -0.05) is 0 Å². The standard InChI is InChI=1S/C7H12N2S/c1-7(2,3)9-6-4-10-5-8-6/h4-5,9H,1-3H3. The minimum absolute atomic E-state index is 0.119. The Morgan fingerprint density at radius 2 is 2.20 bits per heavy atom. The predicted octanol–water partition coefficient (Wildman–Crippen LogP) is 2.35. The SMILES string of the molecule is CC(C)(C)Nc1cscn1. The first-order chi connectivity index (χ1) is 4.58. The van der Waals surface area contributed by atoms with Gasteiger partial charge in [-0.3, -0.25) is 0 Å². The smallest absolute Gasteiger partial charge is 0.137 e. The highest BCUT2D eigenvalue weighted by atomic mass is 32.1. The number of rotatable bonds is 1. The Kier molecular flexibility index (Phi) is 1.94. The molecule has 0 fully saturated rings. The predicted molar refractivity (Wildman–Crippen MR) is 45.5 cm³/mol. The third kappa shape index (κ3) is 2.35. The topological polar surface area (TPSA) is 24.9 Å². The van der Waals surface area contributed by atoms with E-state index in [4.69, 9.17) is 0 Å². The lowest BCUT2D eigenvalue weighted by Gasteiger charge is -2.19. The first-order valence-electron chi connectivity index (χ1n) is 3.24. The van der Waals surface area contributed by atoms with Crippen molar-refractivity contribution in [3.8, 4) is 0 Å². The molecule has 1 aromatic rings. The first-order valence-corrected chi connectivity index (χ1v) is 4.18. The van der Waals surface area contributed by atoms with Crippen LogP contribution < -0.4 is 5.32 Å². The van der Waals surface area contributed by atoms with Gasteiger partial charge in [0.15, 0.2) is 0 Å². The zero-order valence-corrected chi connectivity index (χ0v) is 7.33. The number of anilines is 1. The van der Waals surface area contributed by atoms with E-state index in [2.05, 4.69) is 31.1 Å². The lowest BCUT2D eigenvalue weighted by atomic mass is 10.1. The van der Waals surface area contributed by atoms with E-state index >= 15 is 0 Å². The van der Waals surface area contributed by atoms with E-state index in [-0.39, 0.29) is 5.54 Å². The Morgan fingerprint density at radius 1 is 1.50 bits per heavy atom. The number of thiazole rings is 1. The molecule has 1 rings (SSSR count). The van der Waals surface area contributed by atoms with Crippen molar-refractivity contribution in [1.29, 1.82) is 0 Å². The molecule has 0 saturated carbocycles. The molecule has 0 unspecified atom stereocenters. The molecule has 10 heavy (non-hydrogen) atoms. The molecule has 0 amide bonds. The fourth-order valence-electron chi connectivity index (χ4n) is 0.658. The van der Waals surface area contributed by atoms with Gasteiger partial charge < -0.3 is 5.32 Å². The van der Waals surface area contributed by atoms with Crippen molar-refractivity contribution in [2.24, 2.45) is 0 Å². The maximum atomic E-state index is 4.11. The van der Waals surface area contributed by atoms with Gasteiger partial charge in [-0.15, -0.1) is 11.3 Å². The summed E-state index contributed by atoms with van der Waals surface area (Å²) in [4.78, 5) is 4.11. The molecule has 0 bridgehead atoms. The Morgan fingerprint density at radius 3 is 2.60 bits per heavy atom. The zero-order valence-electron chi connectivity index (χ0n) is 6.51. The van der Waals surface area contributed by atoms with Crippen LogP contribution in [0.5, 0.6) is 0 Å². The third-order valence-corrected chi connectivity index (χ3v) is 1.52. The number of hydrogen-bond donors (Lipinski definition) is 1. The van der Waals surface area contributed by atoms with Crippen LogP contribution in [0.25, 0.3) is 0 Å². The van der Waals surface area contributed by atoms with Crippen molar-refractivity contribution < 1.29 is 0 Å². The van der Waals surface area contributed by atoms with Gasteiger partial charge in [0.2, 0.25) is 0 Å². The monoisotopic (exact) mass is 156 g/mol. The van der Waals surface area contributed by atoms with E-state index < -0.39 is 0 Å². The summed E-state index contributed by atoms with van der Waals surface area (Å²) in [6.45, 7) is 6.35. The molecule has 3 heteroatoms. The molecule has 0 radical (unpaired) electrons. The number of nitrogens with one attached hydrogen (secondary N) is 1. The number of aromatic nitrogens is 1. The summed E-state index contributed by atoms with van der Waals surface area (Å²) in [7, 11) is 0. The quantitative estimate of drug-likeness (QED) is 0.675. The highest BCUT2D eigenvalue weighted by Gasteiger charge is 2.09. The van der Waals surface area contributed by atoms with Gasteiger partial charge >= 0.3 is 0 Å². The van der Waals surface area contributed by atoms with Crippen LogP contribution in [0, 0.1) is 0 Å². The number of nitrogens with zero attached hydrogens (tertiary/aromatic N) is 1. The van der Waals surface area contributed by atoms with E-state index in [1.807, 2.05) is 10.9 Å². The van der Waals surface area contributed by atoms with Crippen LogP contribution in [0.15, 0.2) is 10.9 Å². The maximum absolute atomic E-state index is 4.11. The summed E-state index contributed by atoms with van der Waals surface area (Å²) in [5.41, 5.74) is 1.95. The molecule has 0 aliphatic heterocycles. The van der Waals surface area contributed by atoms with E-state index in [1.54, 1.807) is 11.3 Å². The largest absolute Gasteiger partial charge is 0.365 e. The van der Waals surface area contributed by atoms with Gasteiger partial charge in [-0.25, -0.2) is 4.98 Å². The van der Waals surface area contributed by atoms with E-state index in [0.29, 0.717) is 0 Å². The van der Waals surface area contributed by atoms with Crippen LogP contribution in [0.3, 0.4) is 0 Å². The van der Waals surface area contributed by atoms with Crippen molar-refractivity contribution in [2.75, 3.05) is 5.32 Å². The molecular weight excluding hydrogens is 144 g/mol. The summed E-state index contributed by atoms with van der Waals surface area (Å²) < 4.78 is 0. The third-order valence-electron chi connectivity index (χ3n) is 0.935. The lowest BCUT2D eigenvalue weighted by Crippen LogP contribution is -2.26. The van der Waals surface area contributed by atoms with Crippen molar-refractivity contribution in [2.45, 2.75) is 26.3 Å². The van der Waals surface area contributed by atoms with Crippen LogP contribution in [0.4, 0.5) is 5.82 Å². The summed E-state index contributed by atoms with van der Waals surface area (Å²) in [5.74, 6) is 0.970. The molecule has 2 nitrogen and oxygen atoms in total. The molecule has 0 saturated heterocycles. The molecular formula is C7H12N2S. The molecule has 0 aromatic carbocycles. The number of hydrogen-bond acceptors (Lipinski definition) is 3. The molecule has 0 atom stereocenters. The van der Waals surface area contributed by atoms with Gasteiger partial charge in [0.05, 0.1) is 5.51 Å². The van der Waals surface area contributed by atoms with Crippen LogP contribution in [0.2, 0.25) is 0 Å². The van der Waals surface area contributed by atoms with Crippen LogP contribution >= 0.6 is 11.3 Å². The minimum Gasteiger partial charge on any atom is -0.365 e. The fraction of sp³-hybridized carbons (Fsp3) is 0.571. The second kappa shape index (κ2) is 2.58.